The molecule has 2 rings (SSSR count). The van der Waals surface area contributed by atoms with Crippen molar-refractivity contribution >= 4 is 28.5 Å². The first-order valence-corrected chi connectivity index (χ1v) is 6.85. The first-order chi connectivity index (χ1) is 11.0. The molecule has 8 heteroatoms. The number of halogens is 2. The summed E-state index contributed by atoms with van der Waals surface area (Å²) in [5.74, 6) is -3.36. The van der Waals surface area contributed by atoms with Crippen LogP contribution in [-0.4, -0.2) is 35.2 Å². The van der Waals surface area contributed by atoms with E-state index in [1.54, 1.807) is 6.92 Å². The molecule has 23 heavy (non-hydrogen) atoms. The maximum Gasteiger partial charge on any atom is 0.341 e. The summed E-state index contributed by atoms with van der Waals surface area (Å²) in [5.41, 5.74) is -0.378. The molecule has 0 saturated carbocycles. The number of anilines is 1. The fourth-order valence-corrected chi connectivity index (χ4v) is 2.08. The number of carboxylic acids is 1. The number of carboxylic acid groups (broad SMARTS) is 1. The van der Waals surface area contributed by atoms with Crippen LogP contribution in [0, 0.1) is 11.6 Å². The predicted octanol–water partition coefficient (Wildman–Crippen LogP) is 2.58. The molecule has 0 amide bonds. The minimum Gasteiger partial charge on any atom is -0.481 e. The van der Waals surface area contributed by atoms with Crippen LogP contribution in [-0.2, 0) is 9.53 Å². The number of pyridine rings is 1. The highest BCUT2D eigenvalue weighted by Crippen LogP contribution is 2.30. The monoisotopic (exact) mass is 324 g/mol. The van der Waals surface area contributed by atoms with Crippen LogP contribution in [0.2, 0.25) is 0 Å². The van der Waals surface area contributed by atoms with Crippen molar-refractivity contribution in [2.24, 2.45) is 0 Å². The number of ether oxygens (including phenoxy) is 1. The van der Waals surface area contributed by atoms with Gasteiger partial charge in [-0.05, 0) is 19.1 Å². The number of carbonyl (C=O) groups excluding carboxylic acids is 1. The molecule has 6 nitrogen and oxygen atoms in total. The van der Waals surface area contributed by atoms with Crippen molar-refractivity contribution in [1.82, 2.24) is 4.98 Å². The average molecular weight is 324 g/mol. The van der Waals surface area contributed by atoms with E-state index in [0.29, 0.717) is 0 Å². The van der Waals surface area contributed by atoms with Gasteiger partial charge in [0.1, 0.15) is 22.7 Å². The highest BCUT2D eigenvalue weighted by atomic mass is 19.1. The summed E-state index contributed by atoms with van der Waals surface area (Å²) in [6.45, 7) is 1.62. The van der Waals surface area contributed by atoms with Gasteiger partial charge in [0.05, 0.1) is 24.1 Å². The van der Waals surface area contributed by atoms with Gasteiger partial charge in [0, 0.05) is 12.7 Å². The molecule has 0 unspecified atom stereocenters. The molecular formula is C15H14F2N2O4. The SMILES string of the molecule is CCOC(=O)c1cnc2c(F)ccc(F)c2c1NCCC(=O)O. The van der Waals surface area contributed by atoms with Crippen LogP contribution >= 0.6 is 0 Å². The highest BCUT2D eigenvalue weighted by molar-refractivity contribution is 6.05. The van der Waals surface area contributed by atoms with Gasteiger partial charge >= 0.3 is 11.9 Å². The maximum absolute atomic E-state index is 14.1. The van der Waals surface area contributed by atoms with E-state index < -0.39 is 23.6 Å². The molecule has 0 fully saturated rings. The number of aromatic nitrogens is 1. The number of benzene rings is 1. The molecule has 2 N–H and O–H groups in total. The first-order valence-electron chi connectivity index (χ1n) is 6.85. The standard InChI is InChI=1S/C15H14F2N2O4/c1-2-23-15(22)8-7-19-14-10(17)4-3-9(16)12(14)13(8)18-6-5-11(20)21/h3-4,7H,2,5-6H2,1H3,(H,18,19)(H,20,21). The fraction of sp³-hybridized carbons (Fsp3) is 0.267. The summed E-state index contributed by atoms with van der Waals surface area (Å²) in [6.07, 6.45) is 0.814. The second kappa shape index (κ2) is 6.99. The van der Waals surface area contributed by atoms with E-state index in [9.17, 15) is 18.4 Å². The van der Waals surface area contributed by atoms with Crippen LogP contribution in [0.5, 0.6) is 0 Å². The van der Waals surface area contributed by atoms with Gasteiger partial charge in [0.2, 0.25) is 0 Å². The number of nitrogens with one attached hydrogen (secondary N) is 1. The van der Waals surface area contributed by atoms with E-state index in [0.717, 1.165) is 18.3 Å². The molecule has 0 atom stereocenters. The van der Waals surface area contributed by atoms with E-state index in [1.165, 1.54) is 0 Å². The van der Waals surface area contributed by atoms with Crippen molar-refractivity contribution in [3.05, 3.63) is 35.5 Å². The third-order valence-corrected chi connectivity index (χ3v) is 3.06. The largest absolute Gasteiger partial charge is 0.481 e. The Morgan fingerprint density at radius 1 is 1.30 bits per heavy atom. The molecular weight excluding hydrogens is 310 g/mol. The molecule has 0 spiro atoms. The molecule has 122 valence electrons. The van der Waals surface area contributed by atoms with Crippen molar-refractivity contribution < 1.29 is 28.2 Å². The molecule has 1 aromatic heterocycles. The summed E-state index contributed by atoms with van der Waals surface area (Å²) in [6, 6.07) is 1.84. The van der Waals surface area contributed by atoms with E-state index >= 15 is 0 Å². The van der Waals surface area contributed by atoms with Gasteiger partial charge in [-0.2, -0.15) is 0 Å². The Hall–Kier alpha value is -2.77. The van der Waals surface area contributed by atoms with Crippen molar-refractivity contribution in [3.63, 3.8) is 0 Å². The molecule has 1 heterocycles. The van der Waals surface area contributed by atoms with Crippen LogP contribution in [0.1, 0.15) is 23.7 Å². The van der Waals surface area contributed by atoms with Gasteiger partial charge < -0.3 is 15.2 Å². The van der Waals surface area contributed by atoms with Crippen LogP contribution in [0.15, 0.2) is 18.3 Å². The summed E-state index contributed by atoms with van der Waals surface area (Å²) in [7, 11) is 0. The summed E-state index contributed by atoms with van der Waals surface area (Å²) < 4.78 is 32.8. The molecule has 0 aliphatic heterocycles. The predicted molar refractivity (Wildman–Crippen MR) is 78.4 cm³/mol. The Bertz CT molecular complexity index is 765. The number of fused-ring (bicyclic) bond motifs is 1. The zero-order valence-corrected chi connectivity index (χ0v) is 12.2. The fourth-order valence-electron chi connectivity index (χ4n) is 2.08. The molecule has 0 bridgehead atoms. The van der Waals surface area contributed by atoms with Gasteiger partial charge in [-0.15, -0.1) is 0 Å². The number of rotatable bonds is 6. The first kappa shape index (κ1) is 16.6. The zero-order chi connectivity index (χ0) is 17.0. The van der Waals surface area contributed by atoms with E-state index in [2.05, 4.69) is 10.3 Å². The van der Waals surface area contributed by atoms with Gasteiger partial charge in [0.15, 0.2) is 0 Å². The molecule has 0 aliphatic rings. The Morgan fingerprint density at radius 2 is 2.00 bits per heavy atom. The van der Waals surface area contributed by atoms with Crippen molar-refractivity contribution in [2.75, 3.05) is 18.5 Å². The number of hydrogen-bond acceptors (Lipinski definition) is 5. The summed E-state index contributed by atoms with van der Waals surface area (Å²) in [5, 5.41) is 11.1. The van der Waals surface area contributed by atoms with Crippen LogP contribution in [0.25, 0.3) is 10.9 Å². The van der Waals surface area contributed by atoms with E-state index in [1.807, 2.05) is 0 Å². The van der Waals surface area contributed by atoms with Gasteiger partial charge in [-0.1, -0.05) is 0 Å². The topological polar surface area (TPSA) is 88.5 Å². The van der Waals surface area contributed by atoms with Crippen molar-refractivity contribution in [2.45, 2.75) is 13.3 Å². The molecule has 1 aromatic carbocycles. The Labute approximate surface area is 130 Å². The van der Waals surface area contributed by atoms with E-state index in [-0.39, 0.29) is 41.7 Å². The number of esters is 1. The number of hydrogen-bond donors (Lipinski definition) is 2. The van der Waals surface area contributed by atoms with Gasteiger partial charge in [-0.3, -0.25) is 9.78 Å². The molecule has 0 radical (unpaired) electrons. The lowest BCUT2D eigenvalue weighted by Crippen LogP contribution is -2.14. The lowest BCUT2D eigenvalue weighted by atomic mass is 10.1. The lowest BCUT2D eigenvalue weighted by molar-refractivity contribution is -0.136. The Kier molecular flexibility index (Phi) is 5.05. The average Bonchev–Trinajstić information content (AvgIpc) is 2.50. The third-order valence-electron chi connectivity index (χ3n) is 3.06. The second-order valence-corrected chi connectivity index (χ2v) is 4.59. The van der Waals surface area contributed by atoms with Crippen LogP contribution < -0.4 is 5.32 Å². The molecule has 0 aliphatic carbocycles. The highest BCUT2D eigenvalue weighted by Gasteiger charge is 2.20. The second-order valence-electron chi connectivity index (χ2n) is 4.59. The van der Waals surface area contributed by atoms with Crippen LogP contribution in [0.3, 0.4) is 0 Å². The number of carbonyl (C=O) groups is 2. The summed E-state index contributed by atoms with van der Waals surface area (Å²) in [4.78, 5) is 26.4. The zero-order valence-electron chi connectivity index (χ0n) is 12.2. The van der Waals surface area contributed by atoms with Crippen LogP contribution in [0.4, 0.5) is 14.5 Å². The number of nitrogens with zero attached hydrogens (tertiary/aromatic N) is 1. The summed E-state index contributed by atoms with van der Waals surface area (Å²) >= 11 is 0. The minimum absolute atomic E-state index is 0.0355. The van der Waals surface area contributed by atoms with Crippen molar-refractivity contribution in [3.8, 4) is 0 Å². The minimum atomic E-state index is -1.07. The van der Waals surface area contributed by atoms with Gasteiger partial charge in [-0.25, -0.2) is 13.6 Å². The lowest BCUT2D eigenvalue weighted by Gasteiger charge is -2.14. The maximum atomic E-state index is 14.1. The van der Waals surface area contributed by atoms with Crippen molar-refractivity contribution in [1.29, 1.82) is 0 Å². The van der Waals surface area contributed by atoms with Gasteiger partial charge in [0.25, 0.3) is 0 Å². The quantitative estimate of drug-likeness (QED) is 0.794. The molecule has 2 aromatic rings. The third kappa shape index (κ3) is 3.53. The number of aliphatic carboxylic acids is 1. The van der Waals surface area contributed by atoms with E-state index in [4.69, 9.17) is 9.84 Å². The Balaban J connectivity index is 2.58. The smallest absolute Gasteiger partial charge is 0.341 e. The molecule has 0 saturated heterocycles. The Morgan fingerprint density at radius 3 is 2.65 bits per heavy atom. The normalized spacial score (nSPS) is 10.6.